The van der Waals surface area contributed by atoms with Crippen LogP contribution in [0.15, 0.2) is 18.2 Å². The van der Waals surface area contributed by atoms with Gasteiger partial charge in [-0.3, -0.25) is 9.59 Å². The van der Waals surface area contributed by atoms with E-state index in [0.717, 1.165) is 0 Å². The van der Waals surface area contributed by atoms with E-state index in [9.17, 15) is 9.59 Å². The van der Waals surface area contributed by atoms with Crippen LogP contribution in [0.25, 0.3) is 0 Å². The molecule has 0 aromatic heterocycles. The number of hydrogen-bond donors (Lipinski definition) is 0. The largest absolute Gasteiger partial charge is 0.454 e. The van der Waals surface area contributed by atoms with Gasteiger partial charge in [-0.25, -0.2) is 0 Å². The molecular formula is C15H18N2O5. The minimum atomic E-state index is -0.194. The molecule has 0 unspecified atom stereocenters. The second-order valence-electron chi connectivity index (χ2n) is 5.14. The SMILES string of the molecule is CC(=O)N(CC(=O)N1CCOCC1)c1ccc2c(c1)OCO2. The van der Waals surface area contributed by atoms with E-state index in [2.05, 4.69) is 0 Å². The zero-order chi connectivity index (χ0) is 15.5. The van der Waals surface area contributed by atoms with Gasteiger partial charge in [-0.1, -0.05) is 0 Å². The number of carbonyl (C=O) groups excluding carboxylic acids is 2. The van der Waals surface area contributed by atoms with Gasteiger partial charge in [-0.05, 0) is 12.1 Å². The summed E-state index contributed by atoms with van der Waals surface area (Å²) in [4.78, 5) is 27.4. The third-order valence-electron chi connectivity index (χ3n) is 3.71. The first-order chi connectivity index (χ1) is 10.6. The minimum absolute atomic E-state index is 0.00891. The summed E-state index contributed by atoms with van der Waals surface area (Å²) in [6.07, 6.45) is 0. The van der Waals surface area contributed by atoms with Crippen molar-refractivity contribution in [1.29, 1.82) is 0 Å². The maximum atomic E-state index is 12.3. The van der Waals surface area contributed by atoms with Crippen LogP contribution >= 0.6 is 0 Å². The van der Waals surface area contributed by atoms with Crippen LogP contribution in [0.4, 0.5) is 5.69 Å². The number of nitrogens with zero attached hydrogens (tertiary/aromatic N) is 2. The molecule has 0 radical (unpaired) electrons. The molecule has 1 saturated heterocycles. The predicted molar refractivity (Wildman–Crippen MR) is 78.0 cm³/mol. The Labute approximate surface area is 128 Å². The molecule has 1 aromatic rings. The van der Waals surface area contributed by atoms with Crippen LogP contribution in [0.1, 0.15) is 6.92 Å². The molecule has 2 aliphatic heterocycles. The summed E-state index contributed by atoms with van der Waals surface area (Å²) in [5, 5.41) is 0. The molecule has 2 aliphatic rings. The Morgan fingerprint density at radius 3 is 2.64 bits per heavy atom. The van der Waals surface area contributed by atoms with Gasteiger partial charge in [0, 0.05) is 31.8 Å². The van der Waals surface area contributed by atoms with E-state index in [1.54, 1.807) is 23.1 Å². The number of morpholine rings is 1. The van der Waals surface area contributed by atoms with E-state index in [-0.39, 0.29) is 25.2 Å². The summed E-state index contributed by atoms with van der Waals surface area (Å²) in [5.74, 6) is 0.950. The second-order valence-corrected chi connectivity index (χ2v) is 5.14. The van der Waals surface area contributed by atoms with E-state index >= 15 is 0 Å². The lowest BCUT2D eigenvalue weighted by Gasteiger charge is -2.29. The normalized spacial score (nSPS) is 16.5. The van der Waals surface area contributed by atoms with Gasteiger partial charge >= 0.3 is 0 Å². The van der Waals surface area contributed by atoms with Gasteiger partial charge in [-0.15, -0.1) is 0 Å². The molecule has 0 aliphatic carbocycles. The molecule has 1 aromatic carbocycles. The van der Waals surface area contributed by atoms with Gasteiger partial charge in [0.25, 0.3) is 0 Å². The Kier molecular flexibility index (Phi) is 4.15. The van der Waals surface area contributed by atoms with Crippen LogP contribution in [0.2, 0.25) is 0 Å². The molecule has 2 amide bonds. The number of carbonyl (C=O) groups is 2. The molecule has 1 fully saturated rings. The van der Waals surface area contributed by atoms with Gasteiger partial charge < -0.3 is 24.0 Å². The van der Waals surface area contributed by atoms with Crippen molar-refractivity contribution in [1.82, 2.24) is 4.90 Å². The smallest absolute Gasteiger partial charge is 0.242 e. The highest BCUT2D eigenvalue weighted by Gasteiger charge is 2.23. The van der Waals surface area contributed by atoms with Crippen molar-refractivity contribution in [3.05, 3.63) is 18.2 Å². The fourth-order valence-corrected chi connectivity index (χ4v) is 2.49. The van der Waals surface area contributed by atoms with E-state index in [1.165, 1.54) is 11.8 Å². The highest BCUT2D eigenvalue weighted by Crippen LogP contribution is 2.35. The van der Waals surface area contributed by atoms with Crippen molar-refractivity contribution >= 4 is 17.5 Å². The maximum absolute atomic E-state index is 12.3. The Morgan fingerprint density at radius 1 is 1.18 bits per heavy atom. The average molecular weight is 306 g/mol. The Hall–Kier alpha value is -2.28. The van der Waals surface area contributed by atoms with Gasteiger partial charge in [-0.2, -0.15) is 0 Å². The van der Waals surface area contributed by atoms with Crippen LogP contribution in [0, 0.1) is 0 Å². The first-order valence-corrected chi connectivity index (χ1v) is 7.18. The zero-order valence-electron chi connectivity index (χ0n) is 12.4. The van der Waals surface area contributed by atoms with E-state index in [0.29, 0.717) is 43.5 Å². The topological polar surface area (TPSA) is 68.3 Å². The molecule has 0 N–H and O–H groups in total. The van der Waals surface area contributed by atoms with Crippen molar-refractivity contribution < 1.29 is 23.8 Å². The van der Waals surface area contributed by atoms with Gasteiger partial charge in [0.1, 0.15) is 6.54 Å². The maximum Gasteiger partial charge on any atom is 0.242 e. The molecule has 3 rings (SSSR count). The molecule has 118 valence electrons. The lowest BCUT2D eigenvalue weighted by Crippen LogP contribution is -2.46. The van der Waals surface area contributed by atoms with Crippen LogP contribution in [-0.4, -0.2) is 56.4 Å². The summed E-state index contributed by atoms with van der Waals surface area (Å²) in [6.45, 7) is 3.82. The lowest BCUT2D eigenvalue weighted by molar-refractivity contribution is -0.134. The summed E-state index contributed by atoms with van der Waals surface area (Å²) in [5.41, 5.74) is 0.623. The van der Waals surface area contributed by atoms with Gasteiger partial charge in [0.05, 0.1) is 13.2 Å². The van der Waals surface area contributed by atoms with Crippen molar-refractivity contribution in [2.45, 2.75) is 6.92 Å². The zero-order valence-corrected chi connectivity index (χ0v) is 12.4. The molecule has 0 saturated carbocycles. The third kappa shape index (κ3) is 2.99. The molecule has 0 atom stereocenters. The fourth-order valence-electron chi connectivity index (χ4n) is 2.49. The Morgan fingerprint density at radius 2 is 1.91 bits per heavy atom. The first-order valence-electron chi connectivity index (χ1n) is 7.18. The highest BCUT2D eigenvalue weighted by atomic mass is 16.7. The van der Waals surface area contributed by atoms with Crippen molar-refractivity contribution in [3.8, 4) is 11.5 Å². The quantitative estimate of drug-likeness (QED) is 0.819. The fraction of sp³-hybridized carbons (Fsp3) is 0.467. The molecule has 22 heavy (non-hydrogen) atoms. The van der Waals surface area contributed by atoms with E-state index < -0.39 is 0 Å². The Balaban J connectivity index is 1.75. The summed E-state index contributed by atoms with van der Waals surface area (Å²) in [6, 6.07) is 5.21. The first kappa shape index (κ1) is 14.6. The van der Waals surface area contributed by atoms with Crippen LogP contribution < -0.4 is 14.4 Å². The summed E-state index contributed by atoms with van der Waals surface area (Å²) < 4.78 is 15.8. The standard InChI is InChI=1S/C15H18N2O5/c1-11(18)17(9-15(19)16-4-6-20-7-5-16)12-2-3-13-14(8-12)22-10-21-13/h2-3,8H,4-7,9-10H2,1H3. The minimum Gasteiger partial charge on any atom is -0.454 e. The van der Waals surface area contributed by atoms with Crippen molar-refractivity contribution in [2.24, 2.45) is 0 Å². The highest BCUT2D eigenvalue weighted by molar-refractivity contribution is 5.97. The molecule has 2 heterocycles. The van der Waals surface area contributed by atoms with Crippen molar-refractivity contribution in [3.63, 3.8) is 0 Å². The summed E-state index contributed by atoms with van der Waals surface area (Å²) >= 11 is 0. The number of fused-ring (bicyclic) bond motifs is 1. The monoisotopic (exact) mass is 306 g/mol. The lowest BCUT2D eigenvalue weighted by atomic mass is 10.2. The molecule has 0 spiro atoms. The molecule has 7 nitrogen and oxygen atoms in total. The number of hydrogen-bond acceptors (Lipinski definition) is 5. The van der Waals surface area contributed by atoms with E-state index in [4.69, 9.17) is 14.2 Å². The van der Waals surface area contributed by atoms with Crippen LogP contribution in [0.3, 0.4) is 0 Å². The molecule has 7 heteroatoms. The number of benzene rings is 1. The van der Waals surface area contributed by atoms with Crippen LogP contribution in [-0.2, 0) is 14.3 Å². The number of rotatable bonds is 3. The van der Waals surface area contributed by atoms with Crippen LogP contribution in [0.5, 0.6) is 11.5 Å². The summed E-state index contributed by atoms with van der Waals surface area (Å²) in [7, 11) is 0. The third-order valence-corrected chi connectivity index (χ3v) is 3.71. The predicted octanol–water partition coefficient (Wildman–Crippen LogP) is 0.627. The van der Waals surface area contributed by atoms with Gasteiger partial charge in [0.15, 0.2) is 11.5 Å². The van der Waals surface area contributed by atoms with E-state index in [1.807, 2.05) is 0 Å². The van der Waals surface area contributed by atoms with Crippen molar-refractivity contribution in [2.75, 3.05) is 44.5 Å². The van der Waals surface area contributed by atoms with Gasteiger partial charge in [0.2, 0.25) is 18.6 Å². The molecular weight excluding hydrogens is 288 g/mol. The Bertz CT molecular complexity index is 583. The second kappa shape index (κ2) is 6.23. The average Bonchev–Trinajstić information content (AvgIpc) is 3.00. The number of anilines is 1. The molecule has 0 bridgehead atoms. The number of ether oxygens (including phenoxy) is 3. The number of amides is 2.